The van der Waals surface area contributed by atoms with Crippen molar-refractivity contribution in [3.8, 4) is 0 Å². The van der Waals surface area contributed by atoms with Crippen molar-refractivity contribution in [1.82, 2.24) is 9.88 Å². The number of nitrogens with zero attached hydrogens (tertiary/aromatic N) is 2. The van der Waals surface area contributed by atoms with Gasteiger partial charge in [-0.3, -0.25) is 10.3 Å². The fraction of sp³-hybridized carbons (Fsp3) is 0.714. The maximum absolute atomic E-state index is 7.70. The highest BCUT2D eigenvalue weighted by Crippen LogP contribution is 2.42. The smallest absolute Gasteiger partial charge is 0.135 e. The Hall–Kier alpha value is -0.940. The molecule has 1 saturated heterocycles. The van der Waals surface area contributed by atoms with Crippen LogP contribution in [-0.2, 0) is 6.54 Å². The van der Waals surface area contributed by atoms with Gasteiger partial charge in [0.1, 0.15) is 10.8 Å². The van der Waals surface area contributed by atoms with Crippen molar-refractivity contribution < 1.29 is 0 Å². The zero-order valence-corrected chi connectivity index (χ0v) is 12.3. The molecule has 4 nitrogen and oxygen atoms in total. The first-order valence-electron chi connectivity index (χ1n) is 7.20. The number of rotatable bonds is 4. The van der Waals surface area contributed by atoms with E-state index in [1.165, 1.54) is 38.8 Å². The number of nitrogens with one attached hydrogen (secondary N) is 1. The van der Waals surface area contributed by atoms with Gasteiger partial charge in [0.15, 0.2) is 0 Å². The van der Waals surface area contributed by atoms with Crippen molar-refractivity contribution in [1.29, 1.82) is 5.41 Å². The maximum Gasteiger partial charge on any atom is 0.135 e. The molecule has 0 bridgehead atoms. The van der Waals surface area contributed by atoms with E-state index in [4.69, 9.17) is 16.1 Å². The van der Waals surface area contributed by atoms with Crippen molar-refractivity contribution in [2.45, 2.75) is 45.1 Å². The summed E-state index contributed by atoms with van der Waals surface area (Å²) >= 11 is 1.63. The number of piperidine rings is 1. The molecule has 0 amide bonds. The molecule has 1 aliphatic carbocycles. The second kappa shape index (κ2) is 5.21. The largest absolute Gasteiger partial charge is 0.383 e. The minimum atomic E-state index is 0.192. The number of likely N-dealkylation sites (tertiary alicyclic amines) is 1. The van der Waals surface area contributed by atoms with Crippen LogP contribution in [0, 0.1) is 11.3 Å². The summed E-state index contributed by atoms with van der Waals surface area (Å²) < 4.78 is 0. The minimum Gasteiger partial charge on any atom is -0.383 e. The third kappa shape index (κ3) is 2.98. The van der Waals surface area contributed by atoms with E-state index >= 15 is 0 Å². The molecule has 1 atom stereocenters. The summed E-state index contributed by atoms with van der Waals surface area (Å²) in [5.41, 5.74) is 6.78. The molecule has 19 heavy (non-hydrogen) atoms. The molecule has 1 aromatic heterocycles. The van der Waals surface area contributed by atoms with Crippen LogP contribution in [0.3, 0.4) is 0 Å². The van der Waals surface area contributed by atoms with Crippen molar-refractivity contribution >= 4 is 17.2 Å². The summed E-state index contributed by atoms with van der Waals surface area (Å²) in [7, 11) is 0. The van der Waals surface area contributed by atoms with E-state index in [-0.39, 0.29) is 5.84 Å². The monoisotopic (exact) mass is 278 g/mol. The van der Waals surface area contributed by atoms with E-state index in [1.54, 1.807) is 11.3 Å². The molecule has 1 aliphatic heterocycles. The predicted octanol–water partition coefficient (Wildman–Crippen LogP) is 2.54. The zero-order valence-electron chi connectivity index (χ0n) is 11.5. The van der Waals surface area contributed by atoms with Gasteiger partial charge in [-0.05, 0) is 38.1 Å². The first kappa shape index (κ1) is 13.1. The van der Waals surface area contributed by atoms with Crippen molar-refractivity contribution in [3.05, 3.63) is 15.6 Å². The molecule has 0 radical (unpaired) electrons. The first-order valence-corrected chi connectivity index (χ1v) is 8.01. The summed E-state index contributed by atoms with van der Waals surface area (Å²) in [6, 6.07) is 0. The Morgan fingerprint density at radius 1 is 1.47 bits per heavy atom. The molecule has 5 heteroatoms. The molecule has 1 unspecified atom stereocenters. The molecular weight excluding hydrogens is 256 g/mol. The van der Waals surface area contributed by atoms with Crippen molar-refractivity contribution in [3.63, 3.8) is 0 Å². The third-order valence-electron chi connectivity index (χ3n) is 4.01. The van der Waals surface area contributed by atoms with E-state index in [1.807, 2.05) is 0 Å². The topological polar surface area (TPSA) is 66.0 Å². The summed E-state index contributed by atoms with van der Waals surface area (Å²) in [5.74, 6) is 1.56. The molecular formula is C14H22N4S. The van der Waals surface area contributed by atoms with Crippen LogP contribution in [-0.4, -0.2) is 28.8 Å². The molecule has 2 aliphatic rings. The lowest BCUT2D eigenvalue weighted by Crippen LogP contribution is -2.33. The Morgan fingerprint density at radius 2 is 2.26 bits per heavy atom. The Morgan fingerprint density at radius 3 is 2.89 bits per heavy atom. The molecule has 2 fully saturated rings. The summed E-state index contributed by atoms with van der Waals surface area (Å²) in [6.45, 7) is 5.61. The first-order chi connectivity index (χ1) is 9.13. The lowest BCUT2D eigenvalue weighted by Gasteiger charge is -2.29. The Bertz CT molecular complexity index is 478. The van der Waals surface area contributed by atoms with E-state index in [9.17, 15) is 0 Å². The molecule has 1 saturated carbocycles. The molecule has 1 aromatic rings. The van der Waals surface area contributed by atoms with Gasteiger partial charge >= 0.3 is 0 Å². The molecule has 0 aromatic carbocycles. The highest BCUT2D eigenvalue weighted by Gasteiger charge is 2.31. The fourth-order valence-electron chi connectivity index (χ4n) is 2.89. The van der Waals surface area contributed by atoms with Crippen LogP contribution in [0.1, 0.15) is 54.1 Å². The Labute approximate surface area is 118 Å². The molecule has 2 heterocycles. The van der Waals surface area contributed by atoms with Crippen LogP contribution in [0.4, 0.5) is 0 Å². The van der Waals surface area contributed by atoms with Gasteiger partial charge in [0.05, 0.1) is 17.1 Å². The van der Waals surface area contributed by atoms with Gasteiger partial charge in [-0.1, -0.05) is 6.92 Å². The summed E-state index contributed by atoms with van der Waals surface area (Å²) in [6.07, 6.45) is 5.07. The summed E-state index contributed by atoms with van der Waals surface area (Å²) in [4.78, 5) is 8.18. The van der Waals surface area contributed by atoms with Crippen LogP contribution in [0.2, 0.25) is 0 Å². The van der Waals surface area contributed by atoms with Gasteiger partial charge in [-0.25, -0.2) is 4.98 Å². The van der Waals surface area contributed by atoms with Gasteiger partial charge in [0, 0.05) is 12.5 Å². The zero-order chi connectivity index (χ0) is 13.4. The Kier molecular flexibility index (Phi) is 3.58. The molecule has 0 spiro atoms. The van der Waals surface area contributed by atoms with Crippen LogP contribution >= 0.6 is 11.3 Å². The molecule has 104 valence electrons. The quantitative estimate of drug-likeness (QED) is 0.657. The van der Waals surface area contributed by atoms with E-state index in [0.717, 1.165) is 28.0 Å². The lowest BCUT2D eigenvalue weighted by molar-refractivity contribution is 0.176. The number of amidine groups is 1. The van der Waals surface area contributed by atoms with Gasteiger partial charge < -0.3 is 5.73 Å². The van der Waals surface area contributed by atoms with Gasteiger partial charge in [-0.2, -0.15) is 0 Å². The van der Waals surface area contributed by atoms with Crippen molar-refractivity contribution in [2.75, 3.05) is 13.1 Å². The van der Waals surface area contributed by atoms with Crippen molar-refractivity contribution in [2.24, 2.45) is 11.7 Å². The number of hydrogen-bond donors (Lipinski definition) is 2. The van der Waals surface area contributed by atoms with Gasteiger partial charge in [0.2, 0.25) is 0 Å². The van der Waals surface area contributed by atoms with Gasteiger partial charge in [-0.15, -0.1) is 11.3 Å². The second-order valence-corrected chi connectivity index (χ2v) is 7.08. The average Bonchev–Trinajstić information content (AvgIpc) is 3.11. The highest BCUT2D eigenvalue weighted by molar-refractivity contribution is 7.13. The number of hydrogen-bond acceptors (Lipinski definition) is 4. The van der Waals surface area contributed by atoms with Crippen LogP contribution < -0.4 is 5.73 Å². The number of nitrogens with two attached hydrogens (primary N) is 1. The van der Waals surface area contributed by atoms with Crippen LogP contribution in [0.5, 0.6) is 0 Å². The van der Waals surface area contributed by atoms with E-state index < -0.39 is 0 Å². The second-order valence-electron chi connectivity index (χ2n) is 5.99. The number of nitrogen functional groups attached to an aromatic ring is 1. The third-order valence-corrected chi connectivity index (χ3v) is 5.10. The number of aromatic nitrogens is 1. The predicted molar refractivity (Wildman–Crippen MR) is 78.8 cm³/mol. The standard InChI is InChI=1S/C14H22N4S/c1-9-3-2-6-18(7-9)8-11-17-12(10-4-5-10)13(19-11)14(15)16/h9-10H,2-8H2,1H3,(H3,15,16). The lowest BCUT2D eigenvalue weighted by atomic mass is 10.0. The van der Waals surface area contributed by atoms with E-state index in [0.29, 0.717) is 5.92 Å². The minimum absolute atomic E-state index is 0.192. The van der Waals surface area contributed by atoms with E-state index in [2.05, 4.69) is 11.8 Å². The fourth-order valence-corrected chi connectivity index (χ4v) is 3.95. The average molecular weight is 278 g/mol. The highest BCUT2D eigenvalue weighted by atomic mass is 32.1. The summed E-state index contributed by atoms with van der Waals surface area (Å²) in [5, 5.41) is 8.84. The SMILES string of the molecule is CC1CCCN(Cc2nc(C3CC3)c(C(=N)N)s2)C1. The van der Waals surface area contributed by atoms with Gasteiger partial charge in [0.25, 0.3) is 0 Å². The molecule has 3 rings (SSSR count). The molecule has 3 N–H and O–H groups in total. The normalized spacial score (nSPS) is 24.6. The van der Waals surface area contributed by atoms with Crippen LogP contribution in [0.15, 0.2) is 0 Å². The number of thiazole rings is 1. The van der Waals surface area contributed by atoms with Crippen LogP contribution in [0.25, 0.3) is 0 Å². The Balaban J connectivity index is 1.73. The maximum atomic E-state index is 7.70.